The summed E-state index contributed by atoms with van der Waals surface area (Å²) in [7, 11) is 0. The van der Waals surface area contributed by atoms with E-state index in [1.54, 1.807) is 36.4 Å². The van der Waals surface area contributed by atoms with Crippen LogP contribution in [0.2, 0.25) is 0 Å². The van der Waals surface area contributed by atoms with Crippen LogP contribution in [0.4, 0.5) is 0 Å². The Morgan fingerprint density at radius 1 is 0.903 bits per heavy atom. The van der Waals surface area contributed by atoms with Crippen LogP contribution < -0.4 is 14.2 Å². The molecule has 0 saturated heterocycles. The second-order valence-electron chi connectivity index (χ2n) is 6.69. The number of hydrogen-bond donors (Lipinski definition) is 0. The van der Waals surface area contributed by atoms with Crippen LogP contribution in [0.1, 0.15) is 24.5 Å². The van der Waals surface area contributed by atoms with Crippen molar-refractivity contribution in [1.82, 2.24) is 0 Å². The van der Waals surface area contributed by atoms with Gasteiger partial charge in [-0.2, -0.15) is 5.26 Å². The average Bonchev–Trinajstić information content (AvgIpc) is 2.82. The Balaban J connectivity index is 1.64. The van der Waals surface area contributed by atoms with Gasteiger partial charge in [-0.15, -0.1) is 0 Å². The van der Waals surface area contributed by atoms with E-state index in [-0.39, 0.29) is 5.57 Å². The van der Waals surface area contributed by atoms with Crippen LogP contribution in [0.5, 0.6) is 17.2 Å². The van der Waals surface area contributed by atoms with Gasteiger partial charge in [0, 0.05) is 5.56 Å². The van der Waals surface area contributed by atoms with Crippen LogP contribution in [-0.2, 0) is 11.4 Å². The van der Waals surface area contributed by atoms with E-state index in [1.165, 1.54) is 6.08 Å². The molecule has 0 fully saturated rings. The molecule has 0 aliphatic rings. The first-order valence-electron chi connectivity index (χ1n) is 10.0. The maximum absolute atomic E-state index is 12.5. The topological polar surface area (TPSA) is 68.5 Å². The van der Waals surface area contributed by atoms with Crippen molar-refractivity contribution in [2.45, 2.75) is 20.0 Å². The third-order valence-electron chi connectivity index (χ3n) is 4.30. The predicted octanol–water partition coefficient (Wildman–Crippen LogP) is 5.57. The normalized spacial score (nSPS) is 10.8. The van der Waals surface area contributed by atoms with Crippen LogP contribution in [0.3, 0.4) is 0 Å². The molecule has 3 rings (SSSR count). The predicted molar refractivity (Wildman–Crippen MR) is 119 cm³/mol. The van der Waals surface area contributed by atoms with Gasteiger partial charge in [0.25, 0.3) is 0 Å². The van der Waals surface area contributed by atoms with Gasteiger partial charge in [0.2, 0.25) is 0 Å². The lowest BCUT2D eigenvalue weighted by Gasteiger charge is -2.09. The molecule has 0 saturated carbocycles. The molecule has 0 aliphatic carbocycles. The van der Waals surface area contributed by atoms with E-state index in [2.05, 4.69) is 0 Å². The Hall–Kier alpha value is -4.04. The minimum Gasteiger partial charge on any atom is -0.493 e. The molecule has 0 radical (unpaired) electrons. The zero-order valence-electron chi connectivity index (χ0n) is 17.3. The number of hydrogen-bond acceptors (Lipinski definition) is 5. The highest BCUT2D eigenvalue weighted by molar-refractivity contribution is 5.99. The summed E-state index contributed by atoms with van der Waals surface area (Å²) >= 11 is 0. The molecule has 0 aliphatic heterocycles. The number of rotatable bonds is 9. The first-order chi connectivity index (χ1) is 15.2. The van der Waals surface area contributed by atoms with E-state index in [4.69, 9.17) is 14.2 Å². The highest BCUT2D eigenvalue weighted by Crippen LogP contribution is 2.23. The highest BCUT2D eigenvalue weighted by Gasteiger charge is 2.14. The molecule has 0 aromatic heterocycles. The maximum Gasteiger partial charge on any atom is 0.354 e. The van der Waals surface area contributed by atoms with Crippen molar-refractivity contribution in [3.8, 4) is 23.3 Å². The quantitative estimate of drug-likeness (QED) is 0.199. The van der Waals surface area contributed by atoms with E-state index in [9.17, 15) is 10.1 Å². The number of carbonyl (C=O) groups is 1. The smallest absolute Gasteiger partial charge is 0.354 e. The van der Waals surface area contributed by atoms with Gasteiger partial charge in [-0.1, -0.05) is 55.5 Å². The number of nitriles is 1. The van der Waals surface area contributed by atoms with Crippen LogP contribution >= 0.6 is 0 Å². The molecule has 31 heavy (non-hydrogen) atoms. The van der Waals surface area contributed by atoms with Gasteiger partial charge in [-0.05, 0) is 48.4 Å². The van der Waals surface area contributed by atoms with E-state index < -0.39 is 5.97 Å². The molecule has 0 amide bonds. The van der Waals surface area contributed by atoms with E-state index in [0.717, 1.165) is 12.0 Å². The molecule has 0 heterocycles. The van der Waals surface area contributed by atoms with Gasteiger partial charge in [-0.3, -0.25) is 0 Å². The van der Waals surface area contributed by atoms with E-state index in [0.29, 0.717) is 36.0 Å². The molecular weight excluding hydrogens is 390 g/mol. The summed E-state index contributed by atoms with van der Waals surface area (Å²) < 4.78 is 16.8. The Morgan fingerprint density at radius 2 is 1.58 bits per heavy atom. The fourth-order valence-corrected chi connectivity index (χ4v) is 2.74. The molecule has 0 atom stereocenters. The molecular formula is C26H23NO4. The molecule has 3 aromatic carbocycles. The van der Waals surface area contributed by atoms with Crippen molar-refractivity contribution in [2.24, 2.45) is 0 Å². The van der Waals surface area contributed by atoms with Crippen LogP contribution in [0, 0.1) is 11.3 Å². The van der Waals surface area contributed by atoms with E-state index >= 15 is 0 Å². The van der Waals surface area contributed by atoms with Gasteiger partial charge >= 0.3 is 5.97 Å². The number of carbonyl (C=O) groups excluding carboxylic acids is 1. The minimum atomic E-state index is -0.731. The zero-order valence-corrected chi connectivity index (χ0v) is 17.3. The van der Waals surface area contributed by atoms with Crippen molar-refractivity contribution in [1.29, 1.82) is 5.26 Å². The largest absolute Gasteiger partial charge is 0.493 e. The molecule has 5 nitrogen and oxygen atoms in total. The van der Waals surface area contributed by atoms with Crippen molar-refractivity contribution >= 4 is 12.0 Å². The average molecular weight is 413 g/mol. The zero-order chi connectivity index (χ0) is 21.9. The summed E-state index contributed by atoms with van der Waals surface area (Å²) in [5, 5.41) is 9.45. The van der Waals surface area contributed by atoms with Crippen molar-refractivity contribution < 1.29 is 19.0 Å². The minimum absolute atomic E-state index is 0.114. The summed E-state index contributed by atoms with van der Waals surface area (Å²) in [4.78, 5) is 12.5. The third kappa shape index (κ3) is 6.48. The van der Waals surface area contributed by atoms with Gasteiger partial charge in [-0.25, -0.2) is 4.79 Å². The number of benzene rings is 3. The number of esters is 1. The first kappa shape index (κ1) is 21.7. The van der Waals surface area contributed by atoms with Crippen LogP contribution in [0.15, 0.2) is 84.4 Å². The number of para-hydroxylation sites is 1. The molecule has 0 spiro atoms. The van der Waals surface area contributed by atoms with Crippen molar-refractivity contribution in [3.05, 3.63) is 95.6 Å². The fourth-order valence-electron chi connectivity index (χ4n) is 2.74. The highest BCUT2D eigenvalue weighted by atomic mass is 16.5. The van der Waals surface area contributed by atoms with Gasteiger partial charge in [0.05, 0.1) is 6.61 Å². The Morgan fingerprint density at radius 3 is 2.29 bits per heavy atom. The summed E-state index contributed by atoms with van der Waals surface area (Å²) in [5.41, 5.74) is 1.59. The fraction of sp³-hybridized carbons (Fsp3) is 0.154. The van der Waals surface area contributed by atoms with Crippen LogP contribution in [0.25, 0.3) is 6.08 Å². The van der Waals surface area contributed by atoms with Gasteiger partial charge in [0.1, 0.15) is 35.5 Å². The maximum atomic E-state index is 12.5. The lowest BCUT2D eigenvalue weighted by molar-refractivity contribution is -0.129. The Labute approximate surface area is 182 Å². The summed E-state index contributed by atoms with van der Waals surface area (Å²) in [6.45, 7) is 3.01. The lowest BCUT2D eigenvalue weighted by Crippen LogP contribution is -2.10. The third-order valence-corrected chi connectivity index (χ3v) is 4.30. The molecule has 0 unspecified atom stereocenters. The summed E-state index contributed by atoms with van der Waals surface area (Å²) in [6, 6.07) is 25.7. The first-order valence-corrected chi connectivity index (χ1v) is 10.0. The molecule has 0 bridgehead atoms. The van der Waals surface area contributed by atoms with Crippen LogP contribution in [-0.4, -0.2) is 12.6 Å². The Kier molecular flexibility index (Phi) is 7.84. The SMILES string of the molecule is CCCOc1ccccc1/C=C(\C#N)C(=O)Oc1ccc(OCc2ccccc2)cc1. The monoisotopic (exact) mass is 413 g/mol. The molecule has 156 valence electrons. The standard InChI is InChI=1S/C26H23NO4/c1-2-16-29-25-11-7-6-10-21(25)17-22(18-27)26(28)31-24-14-12-23(13-15-24)30-19-20-8-4-3-5-9-20/h3-15,17H,2,16,19H2,1H3/b22-17+. The number of nitrogens with zero attached hydrogens (tertiary/aromatic N) is 1. The second kappa shape index (κ2) is 11.2. The van der Waals surface area contributed by atoms with Gasteiger partial charge in [0.15, 0.2) is 0 Å². The van der Waals surface area contributed by atoms with E-state index in [1.807, 2.05) is 55.5 Å². The Bertz CT molecular complexity index is 1070. The molecule has 0 N–H and O–H groups in total. The number of ether oxygens (including phenoxy) is 3. The van der Waals surface area contributed by atoms with Gasteiger partial charge < -0.3 is 14.2 Å². The molecule has 3 aromatic rings. The summed E-state index contributed by atoms with van der Waals surface area (Å²) in [5.74, 6) is 0.867. The molecule has 5 heteroatoms. The lowest BCUT2D eigenvalue weighted by atomic mass is 10.1. The second-order valence-corrected chi connectivity index (χ2v) is 6.69. The van der Waals surface area contributed by atoms with Crippen molar-refractivity contribution in [2.75, 3.05) is 6.61 Å². The summed E-state index contributed by atoms with van der Waals surface area (Å²) in [6.07, 6.45) is 2.33. The van der Waals surface area contributed by atoms with Crippen molar-refractivity contribution in [3.63, 3.8) is 0 Å².